The molecule has 1 fully saturated rings. The van der Waals surface area contributed by atoms with Crippen molar-refractivity contribution in [3.05, 3.63) is 53.6 Å². The van der Waals surface area contributed by atoms with Crippen molar-refractivity contribution in [2.45, 2.75) is 25.3 Å². The summed E-state index contributed by atoms with van der Waals surface area (Å²) in [7, 11) is 3.25. The number of ether oxygens (including phenoxy) is 2. The maximum atomic E-state index is 14.0. The number of hydrogen-bond donors (Lipinski definition) is 2. The normalized spacial score (nSPS) is 16.4. The van der Waals surface area contributed by atoms with Crippen LogP contribution in [0.15, 0.2) is 36.4 Å². The van der Waals surface area contributed by atoms with Crippen LogP contribution in [0.25, 0.3) is 16.6 Å². The van der Waals surface area contributed by atoms with E-state index in [-0.39, 0.29) is 11.7 Å². The number of halogens is 1. The lowest BCUT2D eigenvalue weighted by molar-refractivity contribution is 0.391. The summed E-state index contributed by atoms with van der Waals surface area (Å²) in [6.45, 7) is 2.31. The zero-order chi connectivity index (χ0) is 22.1. The number of methoxy groups -OCH3 is 2. The number of piperidine rings is 1. The van der Waals surface area contributed by atoms with E-state index >= 15 is 0 Å². The molecule has 2 aromatic heterocycles. The number of aromatic nitrogens is 4. The van der Waals surface area contributed by atoms with Gasteiger partial charge in [0.05, 0.1) is 19.7 Å². The Kier molecular flexibility index (Phi) is 5.48. The van der Waals surface area contributed by atoms with Gasteiger partial charge in [-0.1, -0.05) is 0 Å². The molecule has 1 atom stereocenters. The van der Waals surface area contributed by atoms with Gasteiger partial charge in [0.1, 0.15) is 17.3 Å². The molecule has 3 heterocycles. The van der Waals surface area contributed by atoms with Gasteiger partial charge in [0.2, 0.25) is 5.95 Å². The van der Waals surface area contributed by atoms with Crippen LogP contribution in [-0.4, -0.2) is 46.9 Å². The van der Waals surface area contributed by atoms with E-state index in [0.717, 1.165) is 43.1 Å². The van der Waals surface area contributed by atoms with E-state index in [1.165, 1.54) is 12.1 Å². The number of fused-ring (bicyclic) bond motifs is 3. The highest BCUT2D eigenvalue weighted by Crippen LogP contribution is 2.28. The summed E-state index contributed by atoms with van der Waals surface area (Å²) in [5.41, 5.74) is 2.20. The van der Waals surface area contributed by atoms with E-state index in [9.17, 15) is 4.39 Å². The minimum absolute atomic E-state index is 0.224. The molecule has 1 aliphatic rings. The second-order valence-corrected chi connectivity index (χ2v) is 7.88. The third kappa shape index (κ3) is 3.80. The monoisotopic (exact) mass is 436 g/mol. The molecule has 9 heteroatoms. The van der Waals surface area contributed by atoms with E-state index in [2.05, 4.69) is 10.6 Å². The van der Waals surface area contributed by atoms with Gasteiger partial charge in [-0.25, -0.2) is 14.4 Å². The standard InChI is InChI=1S/C23H25FN6O2/c1-31-17-7-5-14(20(11-17)32-2)13-26-23-27-19-8-6-16(24)10-18(19)22-28-21(29-30(22)23)15-4-3-9-25-12-15/h5-8,10-11,15,25H,3-4,9,12-13H2,1-2H3,(H,26,27). The van der Waals surface area contributed by atoms with Crippen molar-refractivity contribution in [3.63, 3.8) is 0 Å². The second kappa shape index (κ2) is 8.58. The fraction of sp³-hybridized carbons (Fsp3) is 0.348. The Labute approximate surface area is 184 Å². The van der Waals surface area contributed by atoms with Gasteiger partial charge in [0.25, 0.3) is 0 Å². The molecule has 1 aliphatic heterocycles. The molecule has 0 bridgehead atoms. The molecule has 32 heavy (non-hydrogen) atoms. The Morgan fingerprint density at radius 1 is 1.16 bits per heavy atom. The van der Waals surface area contributed by atoms with Crippen molar-refractivity contribution in [3.8, 4) is 11.5 Å². The number of anilines is 1. The summed E-state index contributed by atoms with van der Waals surface area (Å²) in [5.74, 6) is 2.63. The minimum atomic E-state index is -0.325. The van der Waals surface area contributed by atoms with Crippen molar-refractivity contribution in [2.24, 2.45) is 0 Å². The molecule has 1 unspecified atom stereocenters. The van der Waals surface area contributed by atoms with Crippen LogP contribution in [0.4, 0.5) is 10.3 Å². The molecule has 2 N–H and O–H groups in total. The molecule has 5 rings (SSSR count). The molecular weight excluding hydrogens is 411 g/mol. The van der Waals surface area contributed by atoms with Crippen molar-refractivity contribution >= 4 is 22.5 Å². The van der Waals surface area contributed by atoms with Crippen molar-refractivity contribution in [2.75, 3.05) is 32.6 Å². The Hall–Kier alpha value is -3.46. The minimum Gasteiger partial charge on any atom is -0.497 e. The van der Waals surface area contributed by atoms with E-state index in [1.54, 1.807) is 24.8 Å². The average molecular weight is 436 g/mol. The smallest absolute Gasteiger partial charge is 0.226 e. The van der Waals surface area contributed by atoms with Gasteiger partial charge in [-0.05, 0) is 49.7 Å². The zero-order valence-electron chi connectivity index (χ0n) is 18.1. The van der Waals surface area contributed by atoms with Gasteiger partial charge in [0.15, 0.2) is 11.5 Å². The van der Waals surface area contributed by atoms with Gasteiger partial charge in [0, 0.05) is 36.0 Å². The predicted molar refractivity (Wildman–Crippen MR) is 120 cm³/mol. The second-order valence-electron chi connectivity index (χ2n) is 7.88. The van der Waals surface area contributed by atoms with E-state index < -0.39 is 0 Å². The van der Waals surface area contributed by atoms with Crippen LogP contribution in [-0.2, 0) is 6.54 Å². The van der Waals surface area contributed by atoms with Crippen LogP contribution < -0.4 is 20.1 Å². The first kappa shape index (κ1) is 20.4. The Balaban J connectivity index is 1.55. The quantitative estimate of drug-likeness (QED) is 0.478. The maximum Gasteiger partial charge on any atom is 0.226 e. The van der Waals surface area contributed by atoms with Crippen molar-refractivity contribution < 1.29 is 13.9 Å². The molecule has 166 valence electrons. The molecule has 1 saturated heterocycles. The fourth-order valence-electron chi connectivity index (χ4n) is 4.13. The van der Waals surface area contributed by atoms with E-state index in [0.29, 0.717) is 34.8 Å². The number of hydrogen-bond acceptors (Lipinski definition) is 7. The third-order valence-corrected chi connectivity index (χ3v) is 5.84. The largest absolute Gasteiger partial charge is 0.497 e. The number of nitrogens with one attached hydrogen (secondary N) is 2. The lowest BCUT2D eigenvalue weighted by atomic mass is 9.99. The highest BCUT2D eigenvalue weighted by molar-refractivity contribution is 5.92. The summed E-state index contributed by atoms with van der Waals surface area (Å²) >= 11 is 0. The van der Waals surface area contributed by atoms with Gasteiger partial charge in [-0.2, -0.15) is 4.52 Å². The average Bonchev–Trinajstić information content (AvgIpc) is 3.29. The summed E-state index contributed by atoms with van der Waals surface area (Å²) in [4.78, 5) is 9.51. The van der Waals surface area contributed by atoms with Gasteiger partial charge in [-0.3, -0.25) is 0 Å². The summed E-state index contributed by atoms with van der Waals surface area (Å²) in [6.07, 6.45) is 2.10. The lowest BCUT2D eigenvalue weighted by Crippen LogP contribution is -2.29. The molecule has 0 saturated carbocycles. The zero-order valence-corrected chi connectivity index (χ0v) is 18.1. The first-order chi connectivity index (χ1) is 15.7. The lowest BCUT2D eigenvalue weighted by Gasteiger charge is -2.19. The molecule has 0 spiro atoms. The van der Waals surface area contributed by atoms with E-state index in [4.69, 9.17) is 24.5 Å². The van der Waals surface area contributed by atoms with Gasteiger partial charge in [-0.15, -0.1) is 5.10 Å². The van der Waals surface area contributed by atoms with Crippen LogP contribution in [0.1, 0.15) is 30.1 Å². The van der Waals surface area contributed by atoms with E-state index in [1.807, 2.05) is 18.2 Å². The van der Waals surface area contributed by atoms with Crippen molar-refractivity contribution in [1.82, 2.24) is 24.9 Å². The predicted octanol–water partition coefficient (Wildman–Crippen LogP) is 3.51. The SMILES string of the molecule is COc1ccc(CNc2nc3ccc(F)cc3c3nc(C4CCCNC4)nn23)c(OC)c1. The number of rotatable bonds is 6. The van der Waals surface area contributed by atoms with Crippen LogP contribution >= 0.6 is 0 Å². The highest BCUT2D eigenvalue weighted by Gasteiger charge is 2.22. The number of nitrogens with zero attached hydrogens (tertiary/aromatic N) is 4. The molecule has 8 nitrogen and oxygen atoms in total. The third-order valence-electron chi connectivity index (χ3n) is 5.84. The van der Waals surface area contributed by atoms with Gasteiger partial charge >= 0.3 is 0 Å². The van der Waals surface area contributed by atoms with Crippen LogP contribution in [0, 0.1) is 5.82 Å². The maximum absolute atomic E-state index is 14.0. The van der Waals surface area contributed by atoms with Gasteiger partial charge < -0.3 is 20.1 Å². The molecule has 0 amide bonds. The van der Waals surface area contributed by atoms with Crippen molar-refractivity contribution in [1.29, 1.82) is 0 Å². The Bertz CT molecular complexity index is 1270. The first-order valence-electron chi connectivity index (χ1n) is 10.7. The topological polar surface area (TPSA) is 85.6 Å². The summed E-state index contributed by atoms with van der Waals surface area (Å²) in [5, 5.41) is 12.2. The fourth-order valence-corrected chi connectivity index (χ4v) is 4.13. The molecular formula is C23H25FN6O2. The molecule has 4 aromatic rings. The summed E-state index contributed by atoms with van der Waals surface area (Å²) in [6, 6.07) is 10.2. The van der Waals surface area contributed by atoms with Crippen LogP contribution in [0.3, 0.4) is 0 Å². The molecule has 0 radical (unpaired) electrons. The summed E-state index contributed by atoms with van der Waals surface area (Å²) < 4.78 is 26.5. The van der Waals surface area contributed by atoms with Crippen LogP contribution in [0.5, 0.6) is 11.5 Å². The Morgan fingerprint density at radius 2 is 2.06 bits per heavy atom. The Morgan fingerprint density at radius 3 is 2.84 bits per heavy atom. The molecule has 2 aromatic carbocycles. The van der Waals surface area contributed by atoms with Crippen LogP contribution in [0.2, 0.25) is 0 Å². The number of benzene rings is 2. The molecule has 0 aliphatic carbocycles. The first-order valence-corrected chi connectivity index (χ1v) is 10.7. The highest BCUT2D eigenvalue weighted by atomic mass is 19.1.